The number of aryl methyl sites for hydroxylation is 3. The summed E-state index contributed by atoms with van der Waals surface area (Å²) < 4.78 is 1.89. The van der Waals surface area contributed by atoms with Gasteiger partial charge in [0.1, 0.15) is 0 Å². The molecule has 0 spiro atoms. The number of imidazole rings is 1. The summed E-state index contributed by atoms with van der Waals surface area (Å²) in [7, 11) is 1.90. The molecule has 0 bridgehead atoms. The third kappa shape index (κ3) is 5.03. The zero-order chi connectivity index (χ0) is 21.0. The molecule has 0 atom stereocenters. The first-order valence-corrected chi connectivity index (χ1v) is 10.1. The molecular weight excluding hydrogens is 368 g/mol. The molecule has 2 aromatic rings. The van der Waals surface area contributed by atoms with Gasteiger partial charge in [-0.05, 0) is 50.3 Å². The summed E-state index contributed by atoms with van der Waals surface area (Å²) in [6.07, 6.45) is 5.33. The molecule has 1 fully saturated rings. The van der Waals surface area contributed by atoms with E-state index in [1.807, 2.05) is 43.7 Å². The number of carbonyl (C=O) groups excluding carboxylic acids is 2. The van der Waals surface area contributed by atoms with Crippen molar-refractivity contribution in [2.45, 2.75) is 45.1 Å². The molecule has 1 aromatic heterocycles. The van der Waals surface area contributed by atoms with Crippen LogP contribution < -0.4 is 5.32 Å². The minimum atomic E-state index is -0.972. The van der Waals surface area contributed by atoms with Crippen molar-refractivity contribution in [2.75, 3.05) is 19.6 Å². The molecule has 1 saturated heterocycles. The fourth-order valence-corrected chi connectivity index (χ4v) is 3.67. The van der Waals surface area contributed by atoms with Gasteiger partial charge in [0.05, 0.1) is 11.9 Å². The average Bonchev–Trinajstić information content (AvgIpc) is 3.12. The van der Waals surface area contributed by atoms with Crippen molar-refractivity contribution in [1.29, 1.82) is 0 Å². The Hall–Kier alpha value is -2.67. The summed E-state index contributed by atoms with van der Waals surface area (Å²) in [6.45, 7) is 5.13. The highest BCUT2D eigenvalue weighted by Crippen LogP contribution is 2.24. The molecule has 7 nitrogen and oxygen atoms in total. The van der Waals surface area contributed by atoms with Crippen molar-refractivity contribution in [1.82, 2.24) is 19.8 Å². The molecule has 156 valence electrons. The van der Waals surface area contributed by atoms with Crippen LogP contribution in [0.4, 0.5) is 0 Å². The second-order valence-corrected chi connectivity index (χ2v) is 8.04. The van der Waals surface area contributed by atoms with E-state index in [0.717, 1.165) is 22.4 Å². The van der Waals surface area contributed by atoms with Gasteiger partial charge in [0.2, 0.25) is 5.91 Å². The average molecular weight is 399 g/mol. The molecular formula is C22H30N4O3. The van der Waals surface area contributed by atoms with Crippen LogP contribution in [0.15, 0.2) is 30.7 Å². The van der Waals surface area contributed by atoms with Crippen LogP contribution >= 0.6 is 0 Å². The highest BCUT2D eigenvalue weighted by atomic mass is 16.3. The number of amides is 2. The van der Waals surface area contributed by atoms with Crippen LogP contribution in [0.1, 0.15) is 46.4 Å². The zero-order valence-corrected chi connectivity index (χ0v) is 17.4. The molecule has 29 heavy (non-hydrogen) atoms. The van der Waals surface area contributed by atoms with Crippen molar-refractivity contribution in [2.24, 2.45) is 7.05 Å². The number of benzene rings is 1. The molecule has 0 radical (unpaired) electrons. The lowest BCUT2D eigenvalue weighted by atomic mass is 9.90. The summed E-state index contributed by atoms with van der Waals surface area (Å²) in [5.41, 5.74) is 2.84. The molecule has 0 saturated carbocycles. The van der Waals surface area contributed by atoms with Gasteiger partial charge in [-0.25, -0.2) is 4.98 Å². The maximum Gasteiger partial charge on any atom is 0.254 e. The first kappa shape index (κ1) is 21.0. The normalized spacial score (nSPS) is 15.9. The van der Waals surface area contributed by atoms with E-state index < -0.39 is 5.60 Å². The van der Waals surface area contributed by atoms with Gasteiger partial charge in [0.25, 0.3) is 5.91 Å². The van der Waals surface area contributed by atoms with Crippen LogP contribution in [-0.2, 0) is 18.3 Å². The van der Waals surface area contributed by atoms with Crippen LogP contribution in [-0.4, -0.2) is 56.6 Å². The van der Waals surface area contributed by atoms with Crippen LogP contribution in [0.3, 0.4) is 0 Å². The molecule has 2 amide bonds. The smallest absolute Gasteiger partial charge is 0.254 e. The van der Waals surface area contributed by atoms with Gasteiger partial charge in [-0.1, -0.05) is 12.1 Å². The molecule has 1 aromatic carbocycles. The van der Waals surface area contributed by atoms with E-state index in [4.69, 9.17) is 0 Å². The Kier molecular flexibility index (Phi) is 6.37. The third-order valence-corrected chi connectivity index (χ3v) is 5.96. The Morgan fingerprint density at radius 3 is 2.62 bits per heavy atom. The number of likely N-dealkylation sites (tertiary alicyclic amines) is 1. The third-order valence-electron chi connectivity index (χ3n) is 5.96. The molecule has 3 rings (SSSR count). The van der Waals surface area contributed by atoms with Crippen LogP contribution in [0, 0.1) is 13.8 Å². The molecule has 7 heteroatoms. The van der Waals surface area contributed by atoms with E-state index in [1.54, 1.807) is 17.4 Å². The second kappa shape index (κ2) is 8.78. The molecule has 2 heterocycles. The summed E-state index contributed by atoms with van der Waals surface area (Å²) in [6, 6.07) is 5.75. The topological polar surface area (TPSA) is 87.5 Å². The number of hydrogen-bond donors (Lipinski definition) is 2. The predicted octanol–water partition coefficient (Wildman–Crippen LogP) is 1.75. The first-order valence-electron chi connectivity index (χ1n) is 10.1. The van der Waals surface area contributed by atoms with Crippen molar-refractivity contribution in [3.63, 3.8) is 0 Å². The molecule has 2 N–H and O–H groups in total. The lowest BCUT2D eigenvalue weighted by molar-refractivity contribution is -0.122. The largest absolute Gasteiger partial charge is 0.388 e. The lowest BCUT2D eigenvalue weighted by Gasteiger charge is -2.38. The highest BCUT2D eigenvalue weighted by molar-refractivity contribution is 5.96. The van der Waals surface area contributed by atoms with E-state index in [0.29, 0.717) is 38.8 Å². The quantitative estimate of drug-likeness (QED) is 0.776. The number of aromatic nitrogens is 2. The van der Waals surface area contributed by atoms with Gasteiger partial charge >= 0.3 is 0 Å². The van der Waals surface area contributed by atoms with Gasteiger partial charge in [0, 0.05) is 50.6 Å². The standard InChI is InChI=1S/C22H30N4O3/c1-16-5-4-6-19(17(16)2)21(28)26-11-9-22(29,10-12-26)14-24-20(27)8-7-18-13-23-15-25(18)3/h4-6,13,15,29H,7-12,14H2,1-3H3,(H,24,27). The van der Waals surface area contributed by atoms with E-state index in [2.05, 4.69) is 10.3 Å². The lowest BCUT2D eigenvalue weighted by Crippen LogP contribution is -2.52. The fraction of sp³-hybridized carbons (Fsp3) is 0.500. The first-order chi connectivity index (χ1) is 13.8. The van der Waals surface area contributed by atoms with E-state index in [-0.39, 0.29) is 18.4 Å². The SMILES string of the molecule is Cc1cccc(C(=O)N2CCC(O)(CNC(=O)CCc3cncn3C)CC2)c1C. The van der Waals surface area contributed by atoms with E-state index >= 15 is 0 Å². The van der Waals surface area contributed by atoms with Gasteiger partial charge in [-0.3, -0.25) is 9.59 Å². The number of nitrogens with one attached hydrogen (secondary N) is 1. The Bertz CT molecular complexity index is 882. The maximum absolute atomic E-state index is 12.8. The zero-order valence-electron chi connectivity index (χ0n) is 17.4. The Labute approximate surface area is 171 Å². The van der Waals surface area contributed by atoms with Crippen molar-refractivity contribution in [3.05, 3.63) is 53.1 Å². The minimum Gasteiger partial charge on any atom is -0.388 e. The van der Waals surface area contributed by atoms with E-state index in [1.165, 1.54) is 0 Å². The van der Waals surface area contributed by atoms with E-state index in [9.17, 15) is 14.7 Å². The Balaban J connectivity index is 1.47. The number of carbonyl (C=O) groups is 2. The summed E-state index contributed by atoms with van der Waals surface area (Å²) >= 11 is 0. The minimum absolute atomic E-state index is 0.00784. The van der Waals surface area contributed by atoms with Crippen molar-refractivity contribution < 1.29 is 14.7 Å². The summed E-state index contributed by atoms with van der Waals surface area (Å²) in [4.78, 5) is 30.8. The van der Waals surface area contributed by atoms with Crippen molar-refractivity contribution in [3.8, 4) is 0 Å². The predicted molar refractivity (Wildman–Crippen MR) is 111 cm³/mol. The number of rotatable bonds is 6. The van der Waals surface area contributed by atoms with Gasteiger partial charge in [-0.2, -0.15) is 0 Å². The van der Waals surface area contributed by atoms with Crippen LogP contribution in [0.2, 0.25) is 0 Å². The molecule has 1 aliphatic rings. The number of hydrogen-bond acceptors (Lipinski definition) is 4. The molecule has 1 aliphatic heterocycles. The number of piperidine rings is 1. The highest BCUT2D eigenvalue weighted by Gasteiger charge is 2.34. The molecule has 0 unspecified atom stereocenters. The summed E-state index contributed by atoms with van der Waals surface area (Å²) in [5.74, 6) is -0.0815. The Morgan fingerprint density at radius 1 is 1.24 bits per heavy atom. The van der Waals surface area contributed by atoms with Crippen molar-refractivity contribution >= 4 is 11.8 Å². The number of aliphatic hydroxyl groups is 1. The summed E-state index contributed by atoms with van der Waals surface area (Å²) in [5, 5.41) is 13.7. The van der Waals surface area contributed by atoms with Crippen LogP contribution in [0.25, 0.3) is 0 Å². The van der Waals surface area contributed by atoms with Crippen LogP contribution in [0.5, 0.6) is 0 Å². The second-order valence-electron chi connectivity index (χ2n) is 8.04. The van der Waals surface area contributed by atoms with Gasteiger partial charge < -0.3 is 19.9 Å². The fourth-order valence-electron chi connectivity index (χ4n) is 3.67. The monoisotopic (exact) mass is 398 g/mol. The number of nitrogens with zero attached hydrogens (tertiary/aromatic N) is 3. The Morgan fingerprint density at radius 2 is 1.97 bits per heavy atom. The van der Waals surface area contributed by atoms with Gasteiger partial charge in [0.15, 0.2) is 0 Å². The van der Waals surface area contributed by atoms with Gasteiger partial charge in [-0.15, -0.1) is 0 Å². The maximum atomic E-state index is 12.8. The molecule has 0 aliphatic carbocycles.